The number of carbonyl (C=O) groups excluding carboxylic acids is 1. The van der Waals surface area contributed by atoms with E-state index in [1.54, 1.807) is 45.4 Å². The largest absolute Gasteiger partial charge is 0.493 e. The fourth-order valence-corrected chi connectivity index (χ4v) is 3.11. The van der Waals surface area contributed by atoms with Gasteiger partial charge in [0.2, 0.25) is 11.9 Å². The molecule has 0 radical (unpaired) electrons. The summed E-state index contributed by atoms with van der Waals surface area (Å²) in [7, 11) is 6.42. The van der Waals surface area contributed by atoms with Crippen molar-refractivity contribution in [2.45, 2.75) is 19.1 Å². The fourth-order valence-electron chi connectivity index (χ4n) is 3.11. The number of hydrogen-bond donors (Lipinski definition) is 0. The van der Waals surface area contributed by atoms with Crippen LogP contribution in [0.2, 0.25) is 0 Å². The lowest BCUT2D eigenvalue weighted by atomic mass is 10.0. The van der Waals surface area contributed by atoms with Crippen LogP contribution in [0.15, 0.2) is 47.6 Å². The van der Waals surface area contributed by atoms with Crippen LogP contribution in [0.3, 0.4) is 0 Å². The van der Waals surface area contributed by atoms with Crippen molar-refractivity contribution in [1.29, 1.82) is 0 Å². The van der Waals surface area contributed by atoms with Crippen molar-refractivity contribution in [2.24, 2.45) is 5.16 Å². The summed E-state index contributed by atoms with van der Waals surface area (Å²) in [4.78, 5) is 19.8. The van der Waals surface area contributed by atoms with Crippen LogP contribution in [0.1, 0.15) is 17.5 Å². The number of benzene rings is 2. The number of ether oxygens (including phenoxy) is 3. The highest BCUT2D eigenvalue weighted by Crippen LogP contribution is 2.39. The third-order valence-electron chi connectivity index (χ3n) is 4.58. The molecule has 0 N–H and O–H groups in total. The van der Waals surface area contributed by atoms with E-state index in [-0.39, 0.29) is 5.91 Å². The molecule has 1 unspecified atom stereocenters. The van der Waals surface area contributed by atoms with Gasteiger partial charge in [0.1, 0.15) is 0 Å². The highest BCUT2D eigenvalue weighted by atomic mass is 16.6. The zero-order valence-corrected chi connectivity index (χ0v) is 16.5. The highest BCUT2D eigenvalue weighted by molar-refractivity contribution is 6.04. The van der Waals surface area contributed by atoms with Gasteiger partial charge < -0.3 is 23.9 Å². The van der Waals surface area contributed by atoms with Gasteiger partial charge in [-0.25, -0.2) is 0 Å². The van der Waals surface area contributed by atoms with Crippen LogP contribution in [0.25, 0.3) is 0 Å². The molecule has 0 spiro atoms. The van der Waals surface area contributed by atoms with Gasteiger partial charge in [0.05, 0.1) is 27.0 Å². The first-order valence-electron chi connectivity index (χ1n) is 8.89. The predicted octanol–water partition coefficient (Wildman–Crippen LogP) is 2.86. The standard InChI is InChI=1S/C21H24N2O5/c1-23(13-14-8-6-5-7-9-14)21(24)19-12-16(22-28-19)15-10-17(25-2)20(27-4)18(11-15)26-3/h5-11,19H,12-13H2,1-4H3. The molecule has 1 atom stereocenters. The van der Waals surface area contributed by atoms with E-state index in [1.807, 2.05) is 30.3 Å². The molecule has 0 saturated carbocycles. The summed E-state index contributed by atoms with van der Waals surface area (Å²) in [6.07, 6.45) is -0.279. The van der Waals surface area contributed by atoms with Gasteiger partial charge in [-0.2, -0.15) is 0 Å². The number of carbonyl (C=O) groups is 1. The van der Waals surface area contributed by atoms with Crippen LogP contribution in [0.4, 0.5) is 0 Å². The van der Waals surface area contributed by atoms with E-state index in [2.05, 4.69) is 5.16 Å². The van der Waals surface area contributed by atoms with E-state index in [1.165, 1.54) is 0 Å². The second kappa shape index (κ2) is 8.65. The summed E-state index contributed by atoms with van der Waals surface area (Å²) >= 11 is 0. The summed E-state index contributed by atoms with van der Waals surface area (Å²) in [5.41, 5.74) is 2.48. The average Bonchev–Trinajstić information content (AvgIpc) is 3.22. The highest BCUT2D eigenvalue weighted by Gasteiger charge is 2.32. The topological polar surface area (TPSA) is 69.6 Å². The molecule has 0 aliphatic carbocycles. The Balaban J connectivity index is 1.71. The third-order valence-corrected chi connectivity index (χ3v) is 4.58. The Kier molecular flexibility index (Phi) is 6.03. The Labute approximate surface area is 164 Å². The smallest absolute Gasteiger partial charge is 0.266 e. The van der Waals surface area contributed by atoms with E-state index < -0.39 is 6.10 Å². The molecule has 148 valence electrons. The monoisotopic (exact) mass is 384 g/mol. The Hall–Kier alpha value is -3.22. The van der Waals surface area contributed by atoms with Crippen LogP contribution in [-0.4, -0.2) is 51.0 Å². The first-order valence-corrected chi connectivity index (χ1v) is 8.89. The lowest BCUT2D eigenvalue weighted by molar-refractivity contribution is -0.141. The van der Waals surface area contributed by atoms with E-state index >= 15 is 0 Å². The van der Waals surface area contributed by atoms with Crippen LogP contribution in [0, 0.1) is 0 Å². The maximum Gasteiger partial charge on any atom is 0.266 e. The molecule has 1 aliphatic rings. The average molecular weight is 384 g/mol. The molecule has 0 bridgehead atoms. The molecule has 2 aromatic carbocycles. The minimum Gasteiger partial charge on any atom is -0.493 e. The van der Waals surface area contributed by atoms with Crippen molar-refractivity contribution in [2.75, 3.05) is 28.4 Å². The summed E-state index contributed by atoms with van der Waals surface area (Å²) in [5.74, 6) is 1.43. The van der Waals surface area contributed by atoms with Gasteiger partial charge in [-0.1, -0.05) is 35.5 Å². The molecule has 7 nitrogen and oxygen atoms in total. The van der Waals surface area contributed by atoms with Gasteiger partial charge in [-0.3, -0.25) is 4.79 Å². The molecular weight excluding hydrogens is 360 g/mol. The third kappa shape index (κ3) is 4.03. The van der Waals surface area contributed by atoms with Gasteiger partial charge in [-0.05, 0) is 17.7 Å². The first kappa shape index (κ1) is 19.5. The van der Waals surface area contributed by atoms with Gasteiger partial charge in [0, 0.05) is 25.6 Å². The minimum atomic E-state index is -0.650. The quantitative estimate of drug-likeness (QED) is 0.734. The van der Waals surface area contributed by atoms with Crippen molar-refractivity contribution in [1.82, 2.24) is 4.90 Å². The van der Waals surface area contributed by atoms with Gasteiger partial charge in [-0.15, -0.1) is 0 Å². The maximum absolute atomic E-state index is 12.7. The number of amides is 1. The molecule has 1 amide bonds. The van der Waals surface area contributed by atoms with Crippen molar-refractivity contribution < 1.29 is 23.8 Å². The Morgan fingerprint density at radius 2 is 1.75 bits per heavy atom. The number of nitrogens with zero attached hydrogens (tertiary/aromatic N) is 2. The van der Waals surface area contributed by atoms with Crippen molar-refractivity contribution in [3.8, 4) is 17.2 Å². The maximum atomic E-state index is 12.7. The second-order valence-corrected chi connectivity index (χ2v) is 6.43. The van der Waals surface area contributed by atoms with Crippen LogP contribution >= 0.6 is 0 Å². The summed E-state index contributed by atoms with van der Waals surface area (Å²) in [5, 5.41) is 4.12. The van der Waals surface area contributed by atoms with Gasteiger partial charge in [0.15, 0.2) is 11.5 Å². The number of likely N-dealkylation sites (N-methyl/N-ethyl adjacent to an activating group) is 1. The lowest BCUT2D eigenvalue weighted by Crippen LogP contribution is -2.36. The first-order chi connectivity index (χ1) is 13.6. The Morgan fingerprint density at radius 1 is 1.11 bits per heavy atom. The number of hydrogen-bond acceptors (Lipinski definition) is 6. The van der Waals surface area contributed by atoms with E-state index in [9.17, 15) is 4.79 Å². The molecule has 7 heteroatoms. The molecule has 2 aromatic rings. The van der Waals surface area contributed by atoms with E-state index in [0.29, 0.717) is 35.9 Å². The summed E-state index contributed by atoms with van der Waals surface area (Å²) < 4.78 is 16.1. The van der Waals surface area contributed by atoms with Gasteiger partial charge in [0.25, 0.3) is 5.91 Å². The van der Waals surface area contributed by atoms with E-state index in [4.69, 9.17) is 19.0 Å². The Bertz CT molecular complexity index is 841. The van der Waals surface area contributed by atoms with Crippen LogP contribution < -0.4 is 14.2 Å². The number of oxime groups is 1. The molecule has 0 fully saturated rings. The Morgan fingerprint density at radius 3 is 2.32 bits per heavy atom. The van der Waals surface area contributed by atoms with Crippen molar-refractivity contribution in [3.63, 3.8) is 0 Å². The zero-order valence-electron chi connectivity index (χ0n) is 16.5. The van der Waals surface area contributed by atoms with Crippen LogP contribution in [0.5, 0.6) is 17.2 Å². The molecule has 0 saturated heterocycles. The summed E-state index contributed by atoms with van der Waals surface area (Å²) in [6, 6.07) is 13.4. The molecule has 1 heterocycles. The SMILES string of the molecule is COc1cc(C2=NOC(C(=O)N(C)Cc3ccccc3)C2)cc(OC)c1OC. The van der Waals surface area contributed by atoms with Crippen LogP contribution in [-0.2, 0) is 16.2 Å². The minimum absolute atomic E-state index is 0.116. The second-order valence-electron chi connectivity index (χ2n) is 6.43. The predicted molar refractivity (Wildman–Crippen MR) is 105 cm³/mol. The van der Waals surface area contributed by atoms with E-state index in [0.717, 1.165) is 11.1 Å². The zero-order chi connectivity index (χ0) is 20.1. The normalized spacial score (nSPS) is 15.4. The van der Waals surface area contributed by atoms with Crippen molar-refractivity contribution in [3.05, 3.63) is 53.6 Å². The molecule has 28 heavy (non-hydrogen) atoms. The number of methoxy groups -OCH3 is 3. The van der Waals surface area contributed by atoms with Gasteiger partial charge >= 0.3 is 0 Å². The molecule has 1 aliphatic heterocycles. The fraction of sp³-hybridized carbons (Fsp3) is 0.333. The molecule has 0 aromatic heterocycles. The van der Waals surface area contributed by atoms with Crippen molar-refractivity contribution >= 4 is 11.6 Å². The summed E-state index contributed by atoms with van der Waals surface area (Å²) in [6.45, 7) is 0.513. The molecular formula is C21H24N2O5. The molecule has 3 rings (SSSR count). The number of rotatable bonds is 7. The lowest BCUT2D eigenvalue weighted by Gasteiger charge is -2.20.